The number of halogens is 1. The van der Waals surface area contributed by atoms with Gasteiger partial charge in [-0.25, -0.2) is 9.97 Å². The number of benzene rings is 2. The number of nitrogens with two attached hydrogens (primary N) is 1. The summed E-state index contributed by atoms with van der Waals surface area (Å²) in [6, 6.07) is 13.3. The van der Waals surface area contributed by atoms with E-state index in [-0.39, 0.29) is 0 Å². The standard InChI is InChI=1S/C15H13ClN4/c16-11-3-1-10(2-4-11)8-18-15-13-7-12(17)5-6-14(13)19-9-20-15/h1-7,9H,8,17H2,(H,18,19,20). The van der Waals surface area contributed by atoms with E-state index in [0.29, 0.717) is 12.2 Å². The minimum Gasteiger partial charge on any atom is -0.399 e. The molecule has 1 heterocycles. The number of nitrogens with zero attached hydrogens (tertiary/aromatic N) is 2. The minimum absolute atomic E-state index is 0.665. The molecule has 100 valence electrons. The Morgan fingerprint density at radius 2 is 1.85 bits per heavy atom. The highest BCUT2D eigenvalue weighted by molar-refractivity contribution is 6.30. The second kappa shape index (κ2) is 5.35. The fraction of sp³-hybridized carbons (Fsp3) is 0.0667. The lowest BCUT2D eigenvalue weighted by Gasteiger charge is -2.09. The van der Waals surface area contributed by atoms with Crippen LogP contribution < -0.4 is 11.1 Å². The summed E-state index contributed by atoms with van der Waals surface area (Å²) in [6.07, 6.45) is 1.54. The van der Waals surface area contributed by atoms with Crippen LogP contribution in [0.1, 0.15) is 5.56 Å². The van der Waals surface area contributed by atoms with Crippen molar-refractivity contribution in [3.8, 4) is 0 Å². The Hall–Kier alpha value is -2.33. The van der Waals surface area contributed by atoms with E-state index in [1.807, 2.05) is 42.5 Å². The molecule has 0 bridgehead atoms. The topological polar surface area (TPSA) is 63.8 Å². The molecule has 3 aromatic rings. The third kappa shape index (κ3) is 2.65. The zero-order valence-electron chi connectivity index (χ0n) is 10.7. The first-order chi connectivity index (χ1) is 9.72. The predicted octanol–water partition coefficient (Wildman–Crippen LogP) is 3.48. The summed E-state index contributed by atoms with van der Waals surface area (Å²) in [6.45, 7) is 0.665. The van der Waals surface area contributed by atoms with E-state index >= 15 is 0 Å². The number of anilines is 2. The van der Waals surface area contributed by atoms with Crippen LogP contribution in [0, 0.1) is 0 Å². The van der Waals surface area contributed by atoms with E-state index in [2.05, 4.69) is 15.3 Å². The van der Waals surface area contributed by atoms with Gasteiger partial charge in [-0.3, -0.25) is 0 Å². The molecule has 0 aliphatic heterocycles. The Morgan fingerprint density at radius 3 is 2.65 bits per heavy atom. The van der Waals surface area contributed by atoms with E-state index in [1.165, 1.54) is 0 Å². The van der Waals surface area contributed by atoms with Crippen LogP contribution in [0.4, 0.5) is 11.5 Å². The molecule has 0 radical (unpaired) electrons. The molecule has 0 atom stereocenters. The Labute approximate surface area is 121 Å². The average molecular weight is 285 g/mol. The third-order valence-corrected chi connectivity index (χ3v) is 3.28. The molecule has 0 amide bonds. The number of nitrogens with one attached hydrogen (secondary N) is 1. The van der Waals surface area contributed by atoms with Crippen LogP contribution in [0.3, 0.4) is 0 Å². The van der Waals surface area contributed by atoms with Crippen molar-refractivity contribution in [1.29, 1.82) is 0 Å². The monoisotopic (exact) mass is 284 g/mol. The molecule has 1 aromatic heterocycles. The van der Waals surface area contributed by atoms with E-state index in [0.717, 1.165) is 27.3 Å². The molecule has 0 unspecified atom stereocenters. The van der Waals surface area contributed by atoms with Gasteiger partial charge in [0, 0.05) is 22.6 Å². The quantitative estimate of drug-likeness (QED) is 0.723. The number of nitrogen functional groups attached to an aromatic ring is 1. The van der Waals surface area contributed by atoms with Crippen molar-refractivity contribution >= 4 is 34.0 Å². The minimum atomic E-state index is 0.665. The van der Waals surface area contributed by atoms with Crippen LogP contribution >= 0.6 is 11.6 Å². The molecule has 0 spiro atoms. The lowest BCUT2D eigenvalue weighted by Crippen LogP contribution is -2.02. The van der Waals surface area contributed by atoms with E-state index in [4.69, 9.17) is 17.3 Å². The summed E-state index contributed by atoms with van der Waals surface area (Å²) in [5.74, 6) is 0.775. The molecule has 3 rings (SSSR count). The Balaban J connectivity index is 1.87. The molecule has 0 saturated heterocycles. The number of fused-ring (bicyclic) bond motifs is 1. The zero-order valence-corrected chi connectivity index (χ0v) is 11.4. The molecule has 3 N–H and O–H groups in total. The van der Waals surface area contributed by atoms with Gasteiger partial charge in [-0.15, -0.1) is 0 Å². The highest BCUT2D eigenvalue weighted by Gasteiger charge is 2.04. The summed E-state index contributed by atoms with van der Waals surface area (Å²) >= 11 is 5.87. The molecule has 0 aliphatic carbocycles. The van der Waals surface area contributed by atoms with Gasteiger partial charge in [-0.2, -0.15) is 0 Å². The number of hydrogen-bond acceptors (Lipinski definition) is 4. The van der Waals surface area contributed by atoms with Crippen molar-refractivity contribution in [3.63, 3.8) is 0 Å². The lowest BCUT2D eigenvalue weighted by molar-refractivity contribution is 1.10. The molecular weight excluding hydrogens is 272 g/mol. The first kappa shape index (κ1) is 12.7. The van der Waals surface area contributed by atoms with Gasteiger partial charge < -0.3 is 11.1 Å². The molecule has 2 aromatic carbocycles. The largest absolute Gasteiger partial charge is 0.399 e. The maximum atomic E-state index is 5.87. The summed E-state index contributed by atoms with van der Waals surface area (Å²) in [5, 5.41) is 4.95. The van der Waals surface area contributed by atoms with Crippen molar-refractivity contribution in [2.75, 3.05) is 11.1 Å². The zero-order chi connectivity index (χ0) is 13.9. The number of aromatic nitrogens is 2. The van der Waals surface area contributed by atoms with Crippen LogP contribution in [0.5, 0.6) is 0 Å². The summed E-state index contributed by atoms with van der Waals surface area (Å²) in [4.78, 5) is 8.50. The maximum Gasteiger partial charge on any atom is 0.137 e. The molecule has 4 nitrogen and oxygen atoms in total. The van der Waals surface area contributed by atoms with Crippen LogP contribution in [0.25, 0.3) is 10.9 Å². The molecule has 5 heteroatoms. The van der Waals surface area contributed by atoms with Crippen LogP contribution in [0.15, 0.2) is 48.8 Å². The highest BCUT2D eigenvalue weighted by atomic mass is 35.5. The Morgan fingerprint density at radius 1 is 1.05 bits per heavy atom. The van der Waals surface area contributed by atoms with Crippen molar-refractivity contribution in [3.05, 3.63) is 59.4 Å². The summed E-state index contributed by atoms with van der Waals surface area (Å²) < 4.78 is 0. The molecule has 20 heavy (non-hydrogen) atoms. The fourth-order valence-electron chi connectivity index (χ4n) is 2.00. The van der Waals surface area contributed by atoms with Gasteiger partial charge in [0.25, 0.3) is 0 Å². The predicted molar refractivity (Wildman–Crippen MR) is 82.7 cm³/mol. The summed E-state index contributed by atoms with van der Waals surface area (Å²) in [7, 11) is 0. The SMILES string of the molecule is Nc1ccc2ncnc(NCc3ccc(Cl)cc3)c2c1. The smallest absolute Gasteiger partial charge is 0.137 e. The first-order valence-electron chi connectivity index (χ1n) is 6.21. The second-order valence-electron chi connectivity index (χ2n) is 4.48. The first-order valence-corrected chi connectivity index (χ1v) is 6.59. The molecule has 0 fully saturated rings. The van der Waals surface area contributed by atoms with Crippen LogP contribution in [-0.4, -0.2) is 9.97 Å². The number of rotatable bonds is 3. The van der Waals surface area contributed by atoms with E-state index in [9.17, 15) is 0 Å². The van der Waals surface area contributed by atoms with Crippen molar-refractivity contribution in [2.24, 2.45) is 0 Å². The van der Waals surface area contributed by atoms with Crippen molar-refractivity contribution in [2.45, 2.75) is 6.54 Å². The Kier molecular flexibility index (Phi) is 3.39. The van der Waals surface area contributed by atoms with E-state index < -0.39 is 0 Å². The molecule has 0 saturated carbocycles. The molecular formula is C15H13ClN4. The van der Waals surface area contributed by atoms with Crippen molar-refractivity contribution < 1.29 is 0 Å². The van der Waals surface area contributed by atoms with Gasteiger partial charge in [0.15, 0.2) is 0 Å². The normalized spacial score (nSPS) is 10.7. The average Bonchev–Trinajstić information content (AvgIpc) is 2.47. The van der Waals surface area contributed by atoms with Gasteiger partial charge >= 0.3 is 0 Å². The van der Waals surface area contributed by atoms with Gasteiger partial charge in [0.05, 0.1) is 5.52 Å². The third-order valence-electron chi connectivity index (χ3n) is 3.03. The maximum absolute atomic E-state index is 5.87. The van der Waals surface area contributed by atoms with Gasteiger partial charge in [0.2, 0.25) is 0 Å². The molecule has 0 aliphatic rings. The van der Waals surface area contributed by atoms with Crippen LogP contribution in [-0.2, 0) is 6.54 Å². The van der Waals surface area contributed by atoms with Crippen LogP contribution in [0.2, 0.25) is 5.02 Å². The fourth-order valence-corrected chi connectivity index (χ4v) is 2.13. The van der Waals surface area contributed by atoms with E-state index in [1.54, 1.807) is 6.33 Å². The van der Waals surface area contributed by atoms with Gasteiger partial charge in [0.1, 0.15) is 12.1 Å². The van der Waals surface area contributed by atoms with Gasteiger partial charge in [-0.05, 0) is 35.9 Å². The summed E-state index contributed by atoms with van der Waals surface area (Å²) in [5.41, 5.74) is 8.51. The number of hydrogen-bond donors (Lipinski definition) is 2. The second-order valence-corrected chi connectivity index (χ2v) is 4.92. The Bertz CT molecular complexity index is 740. The van der Waals surface area contributed by atoms with Crippen molar-refractivity contribution in [1.82, 2.24) is 9.97 Å². The lowest BCUT2D eigenvalue weighted by atomic mass is 10.2. The highest BCUT2D eigenvalue weighted by Crippen LogP contribution is 2.22. The van der Waals surface area contributed by atoms with Gasteiger partial charge in [-0.1, -0.05) is 23.7 Å².